The molecule has 1 heterocycles. The third-order valence-corrected chi connectivity index (χ3v) is 2.26. The van der Waals surface area contributed by atoms with Gasteiger partial charge in [0.25, 0.3) is 5.91 Å². The average Bonchev–Trinajstić information content (AvgIpc) is 2.79. The van der Waals surface area contributed by atoms with Crippen LogP contribution in [0, 0.1) is 18.6 Å². The summed E-state index contributed by atoms with van der Waals surface area (Å²) in [6.45, 7) is 1.44. The molecule has 0 saturated heterocycles. The molecule has 1 aromatic carbocycles. The summed E-state index contributed by atoms with van der Waals surface area (Å²) >= 11 is 0. The third-order valence-electron chi connectivity index (χ3n) is 2.26. The molecule has 0 aliphatic rings. The molecule has 1 aromatic heterocycles. The predicted molar refractivity (Wildman–Crippen MR) is 57.6 cm³/mol. The van der Waals surface area contributed by atoms with Crippen molar-refractivity contribution in [3.8, 4) is 0 Å². The maximum atomic E-state index is 13.4. The zero-order chi connectivity index (χ0) is 12.4. The molecule has 0 spiro atoms. The number of anilines is 1. The number of amides is 1. The number of aromatic nitrogens is 2. The Labute approximate surface area is 95.7 Å². The Balaban J connectivity index is 2.25. The summed E-state index contributed by atoms with van der Waals surface area (Å²) in [6.07, 6.45) is 2.65. The lowest BCUT2D eigenvalue weighted by atomic mass is 10.2. The first-order valence-corrected chi connectivity index (χ1v) is 4.83. The van der Waals surface area contributed by atoms with Crippen molar-refractivity contribution in [2.45, 2.75) is 6.92 Å². The van der Waals surface area contributed by atoms with E-state index >= 15 is 0 Å². The second-order valence-electron chi connectivity index (χ2n) is 3.52. The van der Waals surface area contributed by atoms with E-state index in [2.05, 4.69) is 15.5 Å². The van der Waals surface area contributed by atoms with Crippen LogP contribution in [0.2, 0.25) is 0 Å². The molecule has 1 amide bonds. The molecule has 17 heavy (non-hydrogen) atoms. The molecular formula is C11H9F2N3O. The minimum absolute atomic E-state index is 0.184. The van der Waals surface area contributed by atoms with Crippen molar-refractivity contribution in [1.29, 1.82) is 0 Å². The number of nitrogens with zero attached hydrogens (tertiary/aromatic N) is 1. The van der Waals surface area contributed by atoms with E-state index in [0.717, 1.165) is 12.1 Å². The Morgan fingerprint density at radius 3 is 2.76 bits per heavy atom. The van der Waals surface area contributed by atoms with Gasteiger partial charge in [-0.25, -0.2) is 8.78 Å². The summed E-state index contributed by atoms with van der Waals surface area (Å²) < 4.78 is 26.6. The number of carbonyl (C=O) groups excluding carboxylic acids is 1. The monoisotopic (exact) mass is 237 g/mol. The van der Waals surface area contributed by atoms with Crippen LogP contribution in [0.25, 0.3) is 0 Å². The first-order valence-electron chi connectivity index (χ1n) is 4.83. The lowest BCUT2D eigenvalue weighted by Crippen LogP contribution is -2.12. The van der Waals surface area contributed by atoms with Gasteiger partial charge in [-0.3, -0.25) is 9.89 Å². The number of nitrogens with one attached hydrogen (secondary N) is 2. The highest BCUT2D eigenvalue weighted by molar-refractivity contribution is 6.03. The van der Waals surface area contributed by atoms with Crippen molar-refractivity contribution in [2.24, 2.45) is 0 Å². The van der Waals surface area contributed by atoms with E-state index in [1.807, 2.05) is 0 Å². The fraction of sp³-hybridized carbons (Fsp3) is 0.0909. The van der Waals surface area contributed by atoms with Gasteiger partial charge in [0.05, 0.1) is 17.4 Å². The molecule has 2 N–H and O–H groups in total. The molecule has 0 fully saturated rings. The van der Waals surface area contributed by atoms with Gasteiger partial charge >= 0.3 is 0 Å². The van der Waals surface area contributed by atoms with Gasteiger partial charge < -0.3 is 5.32 Å². The fourth-order valence-corrected chi connectivity index (χ4v) is 1.31. The van der Waals surface area contributed by atoms with E-state index in [1.165, 1.54) is 19.3 Å². The maximum Gasteiger partial charge on any atom is 0.258 e. The molecule has 4 nitrogen and oxygen atoms in total. The molecule has 0 radical (unpaired) electrons. The first-order chi connectivity index (χ1) is 8.08. The lowest BCUT2D eigenvalue weighted by Gasteiger charge is -2.06. The highest BCUT2D eigenvalue weighted by Gasteiger charge is 2.12. The Hall–Kier alpha value is -2.24. The molecule has 2 rings (SSSR count). The maximum absolute atomic E-state index is 13.4. The zero-order valence-corrected chi connectivity index (χ0v) is 8.92. The lowest BCUT2D eigenvalue weighted by molar-refractivity contribution is 0.102. The molecule has 0 aliphatic carbocycles. The van der Waals surface area contributed by atoms with Gasteiger partial charge in [0.1, 0.15) is 11.6 Å². The zero-order valence-electron chi connectivity index (χ0n) is 8.92. The molecule has 0 unspecified atom stereocenters. The minimum atomic E-state index is -0.680. The Morgan fingerprint density at radius 1 is 1.35 bits per heavy atom. The van der Waals surface area contributed by atoms with Crippen LogP contribution < -0.4 is 5.32 Å². The smallest absolute Gasteiger partial charge is 0.258 e. The van der Waals surface area contributed by atoms with E-state index in [4.69, 9.17) is 0 Å². The van der Waals surface area contributed by atoms with E-state index in [0.29, 0.717) is 0 Å². The van der Waals surface area contributed by atoms with E-state index in [-0.39, 0.29) is 16.8 Å². The van der Waals surface area contributed by atoms with Gasteiger partial charge in [0.2, 0.25) is 0 Å². The molecular weight excluding hydrogens is 228 g/mol. The van der Waals surface area contributed by atoms with Crippen LogP contribution >= 0.6 is 0 Å². The molecule has 0 aliphatic heterocycles. The SMILES string of the molecule is Cc1cc(F)c(NC(=O)c2cn[nH]c2)cc1F. The van der Waals surface area contributed by atoms with Crippen LogP contribution in [0.5, 0.6) is 0 Å². The van der Waals surface area contributed by atoms with Crippen LogP contribution in [0.4, 0.5) is 14.5 Å². The van der Waals surface area contributed by atoms with Gasteiger partial charge in [-0.1, -0.05) is 0 Å². The van der Waals surface area contributed by atoms with Crippen LogP contribution in [-0.4, -0.2) is 16.1 Å². The Morgan fingerprint density at radius 2 is 2.12 bits per heavy atom. The van der Waals surface area contributed by atoms with Crippen molar-refractivity contribution in [1.82, 2.24) is 10.2 Å². The number of H-pyrrole nitrogens is 1. The highest BCUT2D eigenvalue weighted by Crippen LogP contribution is 2.19. The number of hydrogen-bond donors (Lipinski definition) is 2. The Kier molecular flexibility index (Phi) is 2.86. The average molecular weight is 237 g/mol. The number of rotatable bonds is 2. The third kappa shape index (κ3) is 2.30. The molecule has 0 bridgehead atoms. The van der Waals surface area contributed by atoms with Gasteiger partial charge in [-0.15, -0.1) is 0 Å². The van der Waals surface area contributed by atoms with Crippen LogP contribution in [0.3, 0.4) is 0 Å². The number of aryl methyl sites for hydroxylation is 1. The fourth-order valence-electron chi connectivity index (χ4n) is 1.31. The van der Waals surface area contributed by atoms with Gasteiger partial charge in [0, 0.05) is 12.3 Å². The molecule has 0 saturated carbocycles. The number of benzene rings is 1. The van der Waals surface area contributed by atoms with Crippen molar-refractivity contribution in [3.63, 3.8) is 0 Å². The summed E-state index contributed by atoms with van der Waals surface area (Å²) in [6, 6.07) is 1.98. The van der Waals surface area contributed by atoms with Gasteiger partial charge in [-0.05, 0) is 18.6 Å². The number of halogens is 2. The summed E-state index contributed by atoms with van der Waals surface area (Å²) in [7, 11) is 0. The van der Waals surface area contributed by atoms with Crippen LogP contribution in [0.15, 0.2) is 24.5 Å². The second kappa shape index (κ2) is 4.32. The van der Waals surface area contributed by atoms with Gasteiger partial charge in [0.15, 0.2) is 0 Å². The summed E-state index contributed by atoms with van der Waals surface area (Å²) in [5, 5.41) is 8.30. The number of hydrogen-bond acceptors (Lipinski definition) is 2. The second-order valence-corrected chi connectivity index (χ2v) is 3.52. The van der Waals surface area contributed by atoms with Gasteiger partial charge in [-0.2, -0.15) is 5.10 Å². The summed E-state index contributed by atoms with van der Waals surface area (Å²) in [4.78, 5) is 11.6. The van der Waals surface area contributed by atoms with Crippen molar-refractivity contribution in [2.75, 3.05) is 5.32 Å². The predicted octanol–water partition coefficient (Wildman–Crippen LogP) is 2.25. The summed E-state index contributed by atoms with van der Waals surface area (Å²) in [5.74, 6) is -1.81. The Bertz CT molecular complexity index is 552. The topological polar surface area (TPSA) is 57.8 Å². The van der Waals surface area contributed by atoms with E-state index in [9.17, 15) is 13.6 Å². The molecule has 2 aromatic rings. The summed E-state index contributed by atoms with van der Waals surface area (Å²) in [5.41, 5.74) is 0.230. The largest absolute Gasteiger partial charge is 0.319 e. The molecule has 6 heteroatoms. The standard InChI is InChI=1S/C11H9F2N3O/c1-6-2-9(13)10(3-8(6)12)16-11(17)7-4-14-15-5-7/h2-5H,1H3,(H,14,15)(H,16,17). The number of aromatic amines is 1. The minimum Gasteiger partial charge on any atom is -0.319 e. The first kappa shape index (κ1) is 11.3. The van der Waals surface area contributed by atoms with Crippen LogP contribution in [0.1, 0.15) is 15.9 Å². The van der Waals surface area contributed by atoms with Crippen molar-refractivity contribution < 1.29 is 13.6 Å². The molecule has 88 valence electrons. The van der Waals surface area contributed by atoms with Crippen molar-refractivity contribution >= 4 is 11.6 Å². The number of carbonyl (C=O) groups is 1. The van der Waals surface area contributed by atoms with Crippen LogP contribution in [-0.2, 0) is 0 Å². The van der Waals surface area contributed by atoms with E-state index < -0.39 is 17.5 Å². The quantitative estimate of drug-likeness (QED) is 0.841. The normalized spacial score (nSPS) is 10.3. The van der Waals surface area contributed by atoms with E-state index in [1.54, 1.807) is 0 Å². The molecule has 0 atom stereocenters. The van der Waals surface area contributed by atoms with Crippen molar-refractivity contribution in [3.05, 3.63) is 47.3 Å². The highest BCUT2D eigenvalue weighted by atomic mass is 19.1.